The first-order valence-corrected chi connectivity index (χ1v) is 7.73. The van der Waals surface area contributed by atoms with Crippen molar-refractivity contribution in [1.82, 2.24) is 10.2 Å². The van der Waals surface area contributed by atoms with Crippen LogP contribution in [0.3, 0.4) is 0 Å². The highest BCUT2D eigenvalue weighted by atomic mass is 16.5. The normalized spacial score (nSPS) is 22.4. The van der Waals surface area contributed by atoms with Gasteiger partial charge in [0.25, 0.3) is 0 Å². The number of carbonyl (C=O) groups is 2. The molecule has 21 heavy (non-hydrogen) atoms. The summed E-state index contributed by atoms with van der Waals surface area (Å²) >= 11 is 0. The smallest absolute Gasteiger partial charge is 0.317 e. The molecule has 0 aromatic heterocycles. The molecule has 0 spiro atoms. The summed E-state index contributed by atoms with van der Waals surface area (Å²) in [6.07, 6.45) is 1.41. The standard InChI is InChI=1S/C15H28N2O4/c1-11(2)10-21-6-4-5-16-15(20)17-8-12(3)7-13(9-17)14(18)19/h11-13H,4-10H2,1-3H3,(H,16,20)(H,18,19). The number of amides is 2. The number of hydrogen-bond acceptors (Lipinski definition) is 3. The van der Waals surface area contributed by atoms with Gasteiger partial charge in [-0.15, -0.1) is 0 Å². The summed E-state index contributed by atoms with van der Waals surface area (Å²) in [7, 11) is 0. The third-order valence-corrected chi connectivity index (χ3v) is 3.49. The topological polar surface area (TPSA) is 78.9 Å². The van der Waals surface area contributed by atoms with Crippen LogP contribution in [0.2, 0.25) is 0 Å². The number of carboxylic acid groups (broad SMARTS) is 1. The quantitative estimate of drug-likeness (QED) is 0.703. The van der Waals surface area contributed by atoms with Gasteiger partial charge in [-0.2, -0.15) is 0 Å². The van der Waals surface area contributed by atoms with Crippen LogP contribution in [0.4, 0.5) is 4.79 Å². The molecule has 2 unspecified atom stereocenters. The molecule has 6 heteroatoms. The van der Waals surface area contributed by atoms with E-state index in [0.717, 1.165) is 13.0 Å². The molecular weight excluding hydrogens is 272 g/mol. The van der Waals surface area contributed by atoms with Gasteiger partial charge in [-0.1, -0.05) is 20.8 Å². The van der Waals surface area contributed by atoms with Crippen LogP contribution in [0.1, 0.15) is 33.6 Å². The maximum Gasteiger partial charge on any atom is 0.317 e. The highest BCUT2D eigenvalue weighted by Gasteiger charge is 2.31. The fourth-order valence-electron chi connectivity index (χ4n) is 2.50. The van der Waals surface area contributed by atoms with E-state index in [1.807, 2.05) is 6.92 Å². The van der Waals surface area contributed by atoms with Crippen molar-refractivity contribution in [2.45, 2.75) is 33.6 Å². The lowest BCUT2D eigenvalue weighted by atomic mass is 9.91. The molecule has 2 N–H and O–H groups in total. The summed E-state index contributed by atoms with van der Waals surface area (Å²) in [6.45, 7) is 9.02. The van der Waals surface area contributed by atoms with E-state index in [9.17, 15) is 9.59 Å². The first kappa shape index (κ1) is 17.8. The summed E-state index contributed by atoms with van der Waals surface area (Å²) in [5, 5.41) is 11.9. The first-order valence-electron chi connectivity index (χ1n) is 7.73. The number of likely N-dealkylation sites (tertiary alicyclic amines) is 1. The largest absolute Gasteiger partial charge is 0.481 e. The Kier molecular flexibility index (Phi) is 7.50. The molecule has 0 aliphatic carbocycles. The van der Waals surface area contributed by atoms with Gasteiger partial charge < -0.3 is 20.1 Å². The van der Waals surface area contributed by atoms with Crippen LogP contribution in [-0.2, 0) is 9.53 Å². The molecule has 2 atom stereocenters. The second-order valence-corrected chi connectivity index (χ2v) is 6.34. The minimum atomic E-state index is -0.818. The van der Waals surface area contributed by atoms with E-state index in [-0.39, 0.29) is 11.9 Å². The van der Waals surface area contributed by atoms with Crippen LogP contribution in [-0.4, -0.2) is 54.9 Å². The molecule has 0 aromatic carbocycles. The van der Waals surface area contributed by atoms with Crippen LogP contribution >= 0.6 is 0 Å². The SMILES string of the molecule is CC(C)COCCCNC(=O)N1CC(C)CC(C(=O)O)C1. The number of hydrogen-bond donors (Lipinski definition) is 2. The summed E-state index contributed by atoms with van der Waals surface area (Å²) in [6, 6.07) is -0.170. The molecule has 1 aliphatic heterocycles. The minimum absolute atomic E-state index is 0.170. The van der Waals surface area contributed by atoms with Crippen LogP contribution in [0.5, 0.6) is 0 Å². The number of carbonyl (C=O) groups excluding carboxylic acids is 1. The summed E-state index contributed by atoms with van der Waals surface area (Å²) in [5.74, 6) is -0.530. The second-order valence-electron chi connectivity index (χ2n) is 6.34. The van der Waals surface area contributed by atoms with Gasteiger partial charge in [0.15, 0.2) is 0 Å². The number of urea groups is 1. The number of carboxylic acids is 1. The van der Waals surface area contributed by atoms with E-state index in [0.29, 0.717) is 38.6 Å². The Morgan fingerprint density at radius 1 is 1.38 bits per heavy atom. The van der Waals surface area contributed by atoms with Crippen molar-refractivity contribution in [1.29, 1.82) is 0 Å². The molecule has 0 radical (unpaired) electrons. The van der Waals surface area contributed by atoms with Crippen LogP contribution < -0.4 is 5.32 Å². The number of rotatable bonds is 7. The molecule has 6 nitrogen and oxygen atoms in total. The number of aliphatic carboxylic acids is 1. The van der Waals surface area contributed by atoms with E-state index < -0.39 is 11.9 Å². The molecule has 1 saturated heterocycles. The van der Waals surface area contributed by atoms with E-state index in [1.54, 1.807) is 4.90 Å². The van der Waals surface area contributed by atoms with Gasteiger partial charge in [0.2, 0.25) is 0 Å². The number of nitrogens with one attached hydrogen (secondary N) is 1. The lowest BCUT2D eigenvalue weighted by Gasteiger charge is -2.34. The summed E-state index contributed by atoms with van der Waals surface area (Å²) in [5.41, 5.74) is 0. The van der Waals surface area contributed by atoms with E-state index in [4.69, 9.17) is 9.84 Å². The summed E-state index contributed by atoms with van der Waals surface area (Å²) in [4.78, 5) is 24.7. The molecule has 0 aromatic rings. The maximum absolute atomic E-state index is 12.0. The molecule has 122 valence electrons. The van der Waals surface area contributed by atoms with Crippen molar-refractivity contribution < 1.29 is 19.4 Å². The molecule has 2 amide bonds. The van der Waals surface area contributed by atoms with Gasteiger partial charge in [0, 0.05) is 32.8 Å². The van der Waals surface area contributed by atoms with Crippen LogP contribution in [0.15, 0.2) is 0 Å². The Bertz CT molecular complexity index is 347. The van der Waals surface area contributed by atoms with Crippen molar-refractivity contribution in [3.05, 3.63) is 0 Å². The lowest BCUT2D eigenvalue weighted by Crippen LogP contribution is -2.49. The average molecular weight is 300 g/mol. The maximum atomic E-state index is 12.0. The zero-order valence-electron chi connectivity index (χ0n) is 13.3. The molecule has 1 fully saturated rings. The highest BCUT2D eigenvalue weighted by molar-refractivity contribution is 5.76. The first-order chi connectivity index (χ1) is 9.90. The summed E-state index contributed by atoms with van der Waals surface area (Å²) < 4.78 is 5.45. The molecule has 1 heterocycles. The van der Waals surface area contributed by atoms with Crippen molar-refractivity contribution in [3.63, 3.8) is 0 Å². The number of nitrogens with zero attached hydrogens (tertiary/aromatic N) is 1. The number of ether oxygens (including phenoxy) is 1. The van der Waals surface area contributed by atoms with Gasteiger partial charge in [-0.25, -0.2) is 4.79 Å². The van der Waals surface area contributed by atoms with Crippen molar-refractivity contribution >= 4 is 12.0 Å². The lowest BCUT2D eigenvalue weighted by molar-refractivity contribution is -0.143. The third kappa shape index (κ3) is 6.80. The third-order valence-electron chi connectivity index (χ3n) is 3.49. The fraction of sp³-hybridized carbons (Fsp3) is 0.867. The molecule has 0 bridgehead atoms. The highest BCUT2D eigenvalue weighted by Crippen LogP contribution is 2.21. The Hall–Kier alpha value is -1.30. The van der Waals surface area contributed by atoms with E-state index in [1.165, 1.54) is 0 Å². The molecular formula is C15H28N2O4. The van der Waals surface area contributed by atoms with Crippen LogP contribution in [0.25, 0.3) is 0 Å². The van der Waals surface area contributed by atoms with Gasteiger partial charge >= 0.3 is 12.0 Å². The van der Waals surface area contributed by atoms with Crippen molar-refractivity contribution in [3.8, 4) is 0 Å². The Balaban J connectivity index is 2.23. The minimum Gasteiger partial charge on any atom is -0.481 e. The zero-order valence-corrected chi connectivity index (χ0v) is 13.3. The van der Waals surface area contributed by atoms with Crippen molar-refractivity contribution in [2.24, 2.45) is 17.8 Å². The molecule has 1 aliphatic rings. The molecule has 1 rings (SSSR count). The van der Waals surface area contributed by atoms with Gasteiger partial charge in [0.05, 0.1) is 5.92 Å². The average Bonchev–Trinajstić information content (AvgIpc) is 2.41. The van der Waals surface area contributed by atoms with Gasteiger partial charge in [-0.05, 0) is 24.7 Å². The molecule has 0 saturated carbocycles. The van der Waals surface area contributed by atoms with Crippen molar-refractivity contribution in [2.75, 3.05) is 32.8 Å². The predicted octanol–water partition coefficient (Wildman–Crippen LogP) is 1.80. The Morgan fingerprint density at radius 3 is 2.71 bits per heavy atom. The zero-order chi connectivity index (χ0) is 15.8. The predicted molar refractivity (Wildman–Crippen MR) is 80.2 cm³/mol. The van der Waals surface area contributed by atoms with E-state index in [2.05, 4.69) is 19.2 Å². The monoisotopic (exact) mass is 300 g/mol. The fourth-order valence-corrected chi connectivity index (χ4v) is 2.50. The van der Waals surface area contributed by atoms with Gasteiger partial charge in [0.1, 0.15) is 0 Å². The number of piperidine rings is 1. The van der Waals surface area contributed by atoms with Crippen LogP contribution in [0, 0.1) is 17.8 Å². The van der Waals surface area contributed by atoms with E-state index >= 15 is 0 Å². The second kappa shape index (κ2) is 8.87. The Morgan fingerprint density at radius 2 is 2.10 bits per heavy atom. The Labute approximate surface area is 126 Å². The van der Waals surface area contributed by atoms with Gasteiger partial charge in [-0.3, -0.25) is 4.79 Å².